The molecule has 0 radical (unpaired) electrons. The van der Waals surface area contributed by atoms with Crippen LogP contribution in [0.3, 0.4) is 0 Å². The first-order chi connectivity index (χ1) is 11.9. The van der Waals surface area contributed by atoms with Crippen molar-refractivity contribution in [2.24, 2.45) is 12.5 Å². The summed E-state index contributed by atoms with van der Waals surface area (Å²) in [5, 5.41) is 1.31. The Labute approximate surface area is 148 Å². The molecule has 0 fully saturated rings. The molecule has 2 aliphatic heterocycles. The molecule has 0 amide bonds. The standard InChI is InChI=1S/C23H23NO/c1-22(2,3)23-11-10-21(25-23)17-13-20-16(12-19(17)23)18(14-24(20)4)15-8-6-5-7-9-15/h5-14,21H,1-4H3. The normalized spacial score (nSPS) is 24.2. The lowest BCUT2D eigenvalue weighted by Gasteiger charge is -2.38. The van der Waals surface area contributed by atoms with Crippen molar-refractivity contribution in [3.63, 3.8) is 0 Å². The minimum Gasteiger partial charge on any atom is -0.354 e. The molecule has 0 spiro atoms. The number of ether oxygens (including phenoxy) is 1. The van der Waals surface area contributed by atoms with Crippen molar-refractivity contribution in [2.45, 2.75) is 32.5 Å². The predicted molar refractivity (Wildman–Crippen MR) is 102 cm³/mol. The van der Waals surface area contributed by atoms with Crippen LogP contribution in [0.4, 0.5) is 0 Å². The van der Waals surface area contributed by atoms with Crippen LogP contribution in [0.2, 0.25) is 0 Å². The van der Waals surface area contributed by atoms with Crippen molar-refractivity contribution in [3.8, 4) is 11.1 Å². The van der Waals surface area contributed by atoms with E-state index >= 15 is 0 Å². The van der Waals surface area contributed by atoms with Crippen LogP contribution in [-0.4, -0.2) is 4.57 Å². The van der Waals surface area contributed by atoms with E-state index in [4.69, 9.17) is 4.74 Å². The monoisotopic (exact) mass is 329 g/mol. The van der Waals surface area contributed by atoms with Gasteiger partial charge in [-0.25, -0.2) is 0 Å². The van der Waals surface area contributed by atoms with Crippen LogP contribution < -0.4 is 0 Å². The van der Waals surface area contributed by atoms with Gasteiger partial charge in [0.25, 0.3) is 0 Å². The SMILES string of the molecule is Cn1cc(-c2ccccc2)c2cc3c(cc21)C1C=CC3(C(C)(C)C)O1. The molecule has 2 aliphatic rings. The zero-order valence-corrected chi connectivity index (χ0v) is 15.2. The van der Waals surface area contributed by atoms with Crippen molar-refractivity contribution < 1.29 is 4.74 Å². The molecule has 2 nitrogen and oxygen atoms in total. The predicted octanol–water partition coefficient (Wildman–Crippen LogP) is 5.73. The van der Waals surface area contributed by atoms with E-state index in [1.165, 1.54) is 33.2 Å². The first-order valence-corrected chi connectivity index (χ1v) is 8.97. The number of rotatable bonds is 1. The topological polar surface area (TPSA) is 14.2 Å². The van der Waals surface area contributed by atoms with E-state index in [9.17, 15) is 0 Å². The first kappa shape index (κ1) is 15.0. The highest BCUT2D eigenvalue weighted by Crippen LogP contribution is 2.59. The van der Waals surface area contributed by atoms with Gasteiger partial charge in [-0.15, -0.1) is 0 Å². The van der Waals surface area contributed by atoms with Crippen molar-refractivity contribution in [1.82, 2.24) is 4.57 Å². The Morgan fingerprint density at radius 3 is 2.56 bits per heavy atom. The van der Waals surface area contributed by atoms with Gasteiger partial charge in [0.2, 0.25) is 0 Å². The number of benzene rings is 2. The van der Waals surface area contributed by atoms with Crippen LogP contribution in [0.1, 0.15) is 38.0 Å². The lowest BCUT2D eigenvalue weighted by molar-refractivity contribution is -0.0752. The minimum atomic E-state index is -0.314. The molecule has 0 aliphatic carbocycles. The average Bonchev–Trinajstić information content (AvgIpc) is 3.26. The number of hydrogen-bond donors (Lipinski definition) is 0. The molecule has 1 aromatic heterocycles. The highest BCUT2D eigenvalue weighted by molar-refractivity contribution is 5.97. The van der Waals surface area contributed by atoms with Crippen LogP contribution in [0.15, 0.2) is 60.8 Å². The first-order valence-electron chi connectivity index (χ1n) is 8.97. The summed E-state index contributed by atoms with van der Waals surface area (Å²) in [5.41, 5.74) is 6.18. The molecule has 2 heteroatoms. The van der Waals surface area contributed by atoms with Crippen LogP contribution in [0.5, 0.6) is 0 Å². The largest absolute Gasteiger partial charge is 0.354 e. The third-order valence-electron chi connectivity index (χ3n) is 5.88. The molecule has 126 valence electrons. The van der Waals surface area contributed by atoms with Gasteiger partial charge in [-0.05, 0) is 40.3 Å². The molecule has 0 N–H and O–H groups in total. The van der Waals surface area contributed by atoms with Gasteiger partial charge in [0, 0.05) is 29.7 Å². The summed E-state index contributed by atoms with van der Waals surface area (Å²) in [5.74, 6) is 0. The van der Waals surface area contributed by atoms with Crippen molar-refractivity contribution in [3.05, 3.63) is 71.9 Å². The summed E-state index contributed by atoms with van der Waals surface area (Å²) in [4.78, 5) is 0. The number of hydrogen-bond acceptors (Lipinski definition) is 1. The van der Waals surface area contributed by atoms with E-state index in [0.717, 1.165) is 0 Å². The van der Waals surface area contributed by atoms with E-state index in [0.29, 0.717) is 0 Å². The minimum absolute atomic E-state index is 0.0128. The maximum Gasteiger partial charge on any atom is 0.118 e. The van der Waals surface area contributed by atoms with Crippen LogP contribution >= 0.6 is 0 Å². The summed E-state index contributed by atoms with van der Waals surface area (Å²) in [6, 6.07) is 15.4. The molecule has 25 heavy (non-hydrogen) atoms. The zero-order chi connectivity index (χ0) is 17.4. The van der Waals surface area contributed by atoms with Crippen LogP contribution in [-0.2, 0) is 17.4 Å². The summed E-state index contributed by atoms with van der Waals surface area (Å²) in [6.07, 6.45) is 6.83. The molecule has 0 saturated heterocycles. The van der Waals surface area contributed by atoms with Crippen molar-refractivity contribution in [2.75, 3.05) is 0 Å². The van der Waals surface area contributed by atoms with Gasteiger partial charge < -0.3 is 9.30 Å². The average molecular weight is 329 g/mol. The second-order valence-corrected chi connectivity index (χ2v) is 8.36. The summed E-state index contributed by atoms with van der Waals surface area (Å²) in [6.45, 7) is 6.80. The second-order valence-electron chi connectivity index (χ2n) is 8.36. The third-order valence-corrected chi connectivity index (χ3v) is 5.88. The van der Waals surface area contributed by atoms with Gasteiger partial charge in [-0.3, -0.25) is 0 Å². The van der Waals surface area contributed by atoms with Crippen LogP contribution in [0.25, 0.3) is 22.0 Å². The smallest absolute Gasteiger partial charge is 0.118 e. The highest BCUT2D eigenvalue weighted by Gasteiger charge is 2.53. The Morgan fingerprint density at radius 1 is 1.08 bits per heavy atom. The van der Waals surface area contributed by atoms with E-state index in [1.807, 2.05) is 0 Å². The lowest BCUT2D eigenvalue weighted by atomic mass is 9.70. The van der Waals surface area contributed by atoms with E-state index in [1.54, 1.807) is 0 Å². The summed E-state index contributed by atoms with van der Waals surface area (Å²) >= 11 is 0. The Hall–Kier alpha value is -2.32. The molecular weight excluding hydrogens is 306 g/mol. The molecule has 3 aromatic rings. The Kier molecular flexibility index (Phi) is 2.78. The summed E-state index contributed by atoms with van der Waals surface area (Å²) < 4.78 is 8.73. The Balaban J connectivity index is 1.81. The van der Waals surface area contributed by atoms with Gasteiger partial charge in [0.1, 0.15) is 11.7 Å². The fourth-order valence-electron chi connectivity index (χ4n) is 4.50. The lowest BCUT2D eigenvalue weighted by Crippen LogP contribution is -2.36. The molecule has 5 rings (SSSR count). The van der Waals surface area contributed by atoms with Gasteiger partial charge in [-0.1, -0.05) is 57.2 Å². The fourth-order valence-corrected chi connectivity index (χ4v) is 4.50. The van der Waals surface area contributed by atoms with Crippen molar-refractivity contribution in [1.29, 1.82) is 0 Å². The van der Waals surface area contributed by atoms with Gasteiger partial charge in [0.15, 0.2) is 0 Å². The molecule has 2 aromatic carbocycles. The molecule has 2 unspecified atom stereocenters. The maximum absolute atomic E-state index is 6.50. The molecule has 2 bridgehead atoms. The fraction of sp³-hybridized carbons (Fsp3) is 0.304. The Morgan fingerprint density at radius 2 is 1.84 bits per heavy atom. The van der Waals surface area contributed by atoms with E-state index in [2.05, 4.69) is 93.2 Å². The second kappa shape index (κ2) is 4.64. The highest BCUT2D eigenvalue weighted by atomic mass is 16.5. The zero-order valence-electron chi connectivity index (χ0n) is 15.2. The molecule has 3 heterocycles. The third kappa shape index (κ3) is 1.83. The van der Waals surface area contributed by atoms with Crippen LogP contribution in [0, 0.1) is 5.41 Å². The molecular formula is C23H23NO. The number of aryl methyl sites for hydroxylation is 1. The Bertz CT molecular complexity index is 1020. The molecule has 0 saturated carbocycles. The number of nitrogens with zero attached hydrogens (tertiary/aromatic N) is 1. The van der Waals surface area contributed by atoms with E-state index < -0.39 is 0 Å². The summed E-state index contributed by atoms with van der Waals surface area (Å²) in [7, 11) is 2.13. The van der Waals surface area contributed by atoms with Gasteiger partial charge in [0.05, 0.1) is 0 Å². The van der Waals surface area contributed by atoms with Gasteiger partial charge >= 0.3 is 0 Å². The van der Waals surface area contributed by atoms with Crippen molar-refractivity contribution >= 4 is 10.9 Å². The number of aromatic nitrogens is 1. The number of fused-ring (bicyclic) bond motifs is 6. The molecule has 2 atom stereocenters. The maximum atomic E-state index is 6.50. The van der Waals surface area contributed by atoms with E-state index in [-0.39, 0.29) is 17.1 Å². The van der Waals surface area contributed by atoms with Gasteiger partial charge in [-0.2, -0.15) is 0 Å². The quantitative estimate of drug-likeness (QED) is 0.520.